The summed E-state index contributed by atoms with van der Waals surface area (Å²) in [6.45, 7) is 4.92. The molecule has 0 fully saturated rings. The molecule has 3 rings (SSSR count). The van der Waals surface area contributed by atoms with Crippen LogP contribution < -0.4 is 23.7 Å². The Morgan fingerprint density at radius 2 is 0.974 bits per heavy atom. The number of methoxy groups -OCH3 is 4. The second kappa shape index (κ2) is 11.5. The highest BCUT2D eigenvalue weighted by Crippen LogP contribution is 2.34. The summed E-state index contributed by atoms with van der Waals surface area (Å²) in [5.41, 5.74) is 1.65. The lowest BCUT2D eigenvalue weighted by molar-refractivity contribution is 0.0595. The summed E-state index contributed by atoms with van der Waals surface area (Å²) in [6.07, 6.45) is 0. The largest absolute Gasteiger partial charge is 0.507 e. The summed E-state index contributed by atoms with van der Waals surface area (Å²) in [7, 11) is 5.44. The van der Waals surface area contributed by atoms with Crippen LogP contribution in [0.1, 0.15) is 47.8 Å². The fourth-order valence-electron chi connectivity index (χ4n) is 3.95. The third kappa shape index (κ3) is 5.64. The number of phenols is 1. The van der Waals surface area contributed by atoms with Gasteiger partial charge in [0.15, 0.2) is 0 Å². The van der Waals surface area contributed by atoms with E-state index in [-0.39, 0.29) is 45.4 Å². The van der Waals surface area contributed by atoms with Gasteiger partial charge in [-0.3, -0.25) is 0 Å². The van der Waals surface area contributed by atoms with Crippen LogP contribution in [0, 0.1) is 20.8 Å². The van der Waals surface area contributed by atoms with Crippen LogP contribution in [0.3, 0.4) is 0 Å². The smallest absolute Gasteiger partial charge is 0.347 e. The van der Waals surface area contributed by atoms with Gasteiger partial charge in [-0.15, -0.1) is 0 Å². The molecule has 0 bridgehead atoms. The van der Waals surface area contributed by atoms with Crippen molar-refractivity contribution in [2.45, 2.75) is 20.8 Å². The quantitative estimate of drug-likeness (QED) is 0.331. The molecule has 10 nitrogen and oxygen atoms in total. The molecule has 0 atom stereocenters. The van der Waals surface area contributed by atoms with E-state index in [0.717, 1.165) is 0 Å². The van der Waals surface area contributed by atoms with Crippen LogP contribution in [-0.4, -0.2) is 51.5 Å². The summed E-state index contributed by atoms with van der Waals surface area (Å²) in [4.78, 5) is 38.0. The van der Waals surface area contributed by atoms with Gasteiger partial charge in [0.2, 0.25) is 0 Å². The number of carbonyl (C=O) groups is 3. The predicted molar refractivity (Wildman–Crippen MR) is 136 cm³/mol. The van der Waals surface area contributed by atoms with Crippen molar-refractivity contribution < 1.29 is 47.9 Å². The lowest BCUT2D eigenvalue weighted by Crippen LogP contribution is -2.15. The van der Waals surface area contributed by atoms with Crippen LogP contribution in [0.25, 0.3) is 0 Å². The lowest BCUT2D eigenvalue weighted by Gasteiger charge is -2.16. The Balaban J connectivity index is 1.90. The van der Waals surface area contributed by atoms with Crippen molar-refractivity contribution >= 4 is 17.9 Å². The minimum absolute atomic E-state index is 0.0226. The summed E-state index contributed by atoms with van der Waals surface area (Å²) in [5, 5.41) is 10.3. The van der Waals surface area contributed by atoms with E-state index in [9.17, 15) is 19.5 Å². The molecule has 38 heavy (non-hydrogen) atoms. The Hall–Kier alpha value is -4.73. The summed E-state index contributed by atoms with van der Waals surface area (Å²) >= 11 is 0. The van der Waals surface area contributed by atoms with E-state index in [0.29, 0.717) is 22.4 Å². The highest BCUT2D eigenvalue weighted by atomic mass is 16.5. The van der Waals surface area contributed by atoms with E-state index < -0.39 is 17.9 Å². The van der Waals surface area contributed by atoms with Gasteiger partial charge in [0.1, 0.15) is 51.2 Å². The number of hydrogen-bond donors (Lipinski definition) is 1. The molecule has 0 heterocycles. The first kappa shape index (κ1) is 27.9. The molecule has 0 aliphatic carbocycles. The number of aromatic hydroxyl groups is 1. The van der Waals surface area contributed by atoms with E-state index >= 15 is 0 Å². The normalized spacial score (nSPS) is 10.4. The van der Waals surface area contributed by atoms with Crippen molar-refractivity contribution in [1.29, 1.82) is 0 Å². The maximum atomic E-state index is 13.1. The first-order chi connectivity index (χ1) is 18.0. The van der Waals surface area contributed by atoms with Crippen LogP contribution in [0.4, 0.5) is 0 Å². The molecule has 0 unspecified atom stereocenters. The van der Waals surface area contributed by atoms with Crippen molar-refractivity contribution in [2.75, 3.05) is 28.4 Å². The highest BCUT2D eigenvalue weighted by Gasteiger charge is 2.24. The van der Waals surface area contributed by atoms with E-state index in [1.807, 2.05) is 0 Å². The molecule has 10 heteroatoms. The monoisotopic (exact) mass is 524 g/mol. The molecule has 0 saturated carbocycles. The van der Waals surface area contributed by atoms with Gasteiger partial charge in [-0.05, 0) is 55.7 Å². The fraction of sp³-hybridized carbons (Fsp3) is 0.250. The van der Waals surface area contributed by atoms with Gasteiger partial charge in [-0.2, -0.15) is 0 Å². The number of benzene rings is 3. The molecule has 200 valence electrons. The molecule has 0 aliphatic rings. The van der Waals surface area contributed by atoms with Gasteiger partial charge < -0.3 is 33.5 Å². The van der Waals surface area contributed by atoms with Crippen molar-refractivity contribution in [3.8, 4) is 34.5 Å². The van der Waals surface area contributed by atoms with Crippen LogP contribution in [0.2, 0.25) is 0 Å². The number of phenolic OH excluding ortho intramolecular Hbond substituents is 1. The number of esters is 3. The fourth-order valence-corrected chi connectivity index (χ4v) is 3.95. The van der Waals surface area contributed by atoms with Crippen molar-refractivity contribution in [3.05, 3.63) is 69.8 Å². The summed E-state index contributed by atoms with van der Waals surface area (Å²) in [6, 6.07) is 8.65. The molecule has 1 N–H and O–H groups in total. The molecule has 0 aromatic heterocycles. The zero-order valence-corrected chi connectivity index (χ0v) is 22.1. The van der Waals surface area contributed by atoms with Crippen molar-refractivity contribution in [1.82, 2.24) is 0 Å². The molecule has 0 amide bonds. The third-order valence-electron chi connectivity index (χ3n) is 5.73. The van der Waals surface area contributed by atoms with E-state index in [2.05, 4.69) is 0 Å². The minimum Gasteiger partial charge on any atom is -0.507 e. The van der Waals surface area contributed by atoms with Crippen LogP contribution >= 0.6 is 0 Å². The van der Waals surface area contributed by atoms with Crippen LogP contribution in [-0.2, 0) is 4.74 Å². The molecular formula is C28H28O10. The Morgan fingerprint density at radius 1 is 0.553 bits per heavy atom. The average Bonchev–Trinajstić information content (AvgIpc) is 2.86. The van der Waals surface area contributed by atoms with Gasteiger partial charge in [0.05, 0.1) is 28.4 Å². The SMILES string of the molecule is COC(=O)c1c(C)cc(OC(=O)c2c(C)cc(OC(=O)c3c(C)cc(OC)cc3O)cc2OC)cc1OC. The molecule has 3 aromatic rings. The third-order valence-corrected chi connectivity index (χ3v) is 5.73. The van der Waals surface area contributed by atoms with Crippen molar-refractivity contribution in [2.24, 2.45) is 0 Å². The second-order valence-corrected chi connectivity index (χ2v) is 8.24. The first-order valence-corrected chi connectivity index (χ1v) is 11.3. The number of aryl methyl sites for hydroxylation is 3. The zero-order chi connectivity index (χ0) is 28.1. The highest BCUT2D eigenvalue weighted by molar-refractivity contribution is 5.98. The Labute approximate surface area is 219 Å². The average molecular weight is 525 g/mol. The van der Waals surface area contributed by atoms with Crippen LogP contribution in [0.5, 0.6) is 34.5 Å². The zero-order valence-electron chi connectivity index (χ0n) is 22.1. The Bertz CT molecular complexity index is 1380. The second-order valence-electron chi connectivity index (χ2n) is 8.24. The molecule has 0 aliphatic heterocycles. The summed E-state index contributed by atoms with van der Waals surface area (Å²) < 4.78 is 31.6. The van der Waals surface area contributed by atoms with Crippen molar-refractivity contribution in [3.63, 3.8) is 0 Å². The molecule has 0 saturated heterocycles. The lowest BCUT2D eigenvalue weighted by atomic mass is 10.1. The van der Waals surface area contributed by atoms with E-state index in [1.165, 1.54) is 58.8 Å². The Morgan fingerprint density at radius 3 is 1.39 bits per heavy atom. The molecular weight excluding hydrogens is 496 g/mol. The minimum atomic E-state index is -0.798. The number of hydrogen-bond acceptors (Lipinski definition) is 10. The topological polar surface area (TPSA) is 127 Å². The number of ether oxygens (including phenoxy) is 6. The maximum absolute atomic E-state index is 13.1. The predicted octanol–water partition coefficient (Wildman–Crippen LogP) is 4.57. The number of rotatable bonds is 8. The molecule has 0 radical (unpaired) electrons. The van der Waals surface area contributed by atoms with Gasteiger partial charge >= 0.3 is 17.9 Å². The van der Waals surface area contributed by atoms with E-state index in [4.69, 9.17) is 28.4 Å². The molecule has 0 spiro atoms. The summed E-state index contributed by atoms with van der Waals surface area (Å²) in [5.74, 6) is -1.51. The van der Waals surface area contributed by atoms with Crippen LogP contribution in [0.15, 0.2) is 36.4 Å². The van der Waals surface area contributed by atoms with Gasteiger partial charge in [-0.1, -0.05) is 0 Å². The van der Waals surface area contributed by atoms with Gasteiger partial charge in [0.25, 0.3) is 0 Å². The standard InChI is InChI=1S/C28H28O10/c1-14-8-17(33-4)11-20(29)23(14)27(31)37-18-10-16(3)25(22(13-18)35-6)28(32)38-19-9-15(2)24(26(30)36-7)21(12-19)34-5/h8-13,29H,1-7H3. The van der Waals surface area contributed by atoms with Gasteiger partial charge in [-0.25, -0.2) is 14.4 Å². The van der Waals surface area contributed by atoms with E-state index in [1.54, 1.807) is 26.8 Å². The molecule has 3 aromatic carbocycles. The number of carbonyl (C=O) groups excluding carboxylic acids is 3. The maximum Gasteiger partial charge on any atom is 0.347 e. The first-order valence-electron chi connectivity index (χ1n) is 11.3. The van der Waals surface area contributed by atoms with Gasteiger partial charge in [0, 0.05) is 18.2 Å². The Kier molecular flexibility index (Phi) is 8.46.